The largest absolute Gasteiger partial charge is 0.326 e. The van der Waals surface area contributed by atoms with Crippen LogP contribution in [0.2, 0.25) is 0 Å². The number of hydrogen-bond donors (Lipinski definition) is 2. The molecule has 3 aliphatic rings. The van der Waals surface area contributed by atoms with Gasteiger partial charge in [-0.1, -0.05) is 31.7 Å². The standard InChI is InChI=1S/C22H30FN5O3/c23-17-6-5-7-18(14-17)24-19(29)15-26-10-12-27(13-11-26)16-28-20(30)22(25-21(28)31)8-3-1-2-4-9-22/h5-7,14H,1-4,8-13,15-16H2,(H,24,29)(H,25,31). The van der Waals surface area contributed by atoms with Crippen LogP contribution in [0, 0.1) is 5.82 Å². The van der Waals surface area contributed by atoms with Crippen molar-refractivity contribution in [2.24, 2.45) is 0 Å². The molecule has 3 fully saturated rings. The van der Waals surface area contributed by atoms with E-state index in [1.807, 2.05) is 4.90 Å². The zero-order chi connectivity index (χ0) is 21.8. The average molecular weight is 432 g/mol. The van der Waals surface area contributed by atoms with Gasteiger partial charge in [-0.05, 0) is 31.0 Å². The van der Waals surface area contributed by atoms with Gasteiger partial charge in [0.25, 0.3) is 5.91 Å². The molecule has 1 aromatic rings. The first-order valence-corrected chi connectivity index (χ1v) is 11.1. The molecule has 4 rings (SSSR count). The van der Waals surface area contributed by atoms with Crippen LogP contribution in [0.5, 0.6) is 0 Å². The van der Waals surface area contributed by atoms with E-state index >= 15 is 0 Å². The molecule has 0 bridgehead atoms. The number of nitrogens with one attached hydrogen (secondary N) is 2. The van der Waals surface area contributed by atoms with E-state index in [1.165, 1.54) is 17.0 Å². The number of halogens is 1. The van der Waals surface area contributed by atoms with E-state index in [-0.39, 0.29) is 31.1 Å². The Hall–Kier alpha value is -2.52. The number of carbonyl (C=O) groups is 3. The van der Waals surface area contributed by atoms with Crippen LogP contribution in [0.25, 0.3) is 0 Å². The van der Waals surface area contributed by atoms with Crippen LogP contribution in [0.3, 0.4) is 0 Å². The van der Waals surface area contributed by atoms with Crippen molar-refractivity contribution >= 4 is 23.5 Å². The van der Waals surface area contributed by atoms with Gasteiger partial charge in [0.05, 0.1) is 13.2 Å². The topological polar surface area (TPSA) is 85.0 Å². The molecule has 2 aliphatic heterocycles. The summed E-state index contributed by atoms with van der Waals surface area (Å²) < 4.78 is 13.3. The number of amides is 4. The quantitative estimate of drug-likeness (QED) is 0.697. The summed E-state index contributed by atoms with van der Waals surface area (Å²) in [6.45, 7) is 3.15. The molecule has 9 heteroatoms. The summed E-state index contributed by atoms with van der Waals surface area (Å²) in [7, 11) is 0. The fraction of sp³-hybridized carbons (Fsp3) is 0.591. The van der Waals surface area contributed by atoms with E-state index in [0.717, 1.165) is 38.5 Å². The highest BCUT2D eigenvalue weighted by Gasteiger charge is 2.51. The summed E-state index contributed by atoms with van der Waals surface area (Å²) in [6, 6.07) is 5.53. The normalized spacial score (nSPS) is 22.4. The Morgan fingerprint density at radius 2 is 1.71 bits per heavy atom. The van der Waals surface area contributed by atoms with Gasteiger partial charge in [0.1, 0.15) is 11.4 Å². The van der Waals surface area contributed by atoms with Gasteiger partial charge < -0.3 is 10.6 Å². The molecule has 4 amide bonds. The number of rotatable bonds is 5. The van der Waals surface area contributed by atoms with Crippen LogP contribution in [0.15, 0.2) is 24.3 Å². The molecule has 2 N–H and O–H groups in total. The molecule has 8 nitrogen and oxygen atoms in total. The van der Waals surface area contributed by atoms with Crippen molar-refractivity contribution in [1.29, 1.82) is 0 Å². The first kappa shape index (κ1) is 21.7. The summed E-state index contributed by atoms with van der Waals surface area (Å²) in [6.07, 6.45) is 5.61. The predicted octanol–water partition coefficient (Wildman–Crippen LogP) is 1.98. The van der Waals surface area contributed by atoms with Crippen molar-refractivity contribution in [2.45, 2.75) is 44.1 Å². The summed E-state index contributed by atoms with van der Waals surface area (Å²) in [4.78, 5) is 43.3. The van der Waals surface area contributed by atoms with Gasteiger partial charge in [-0.2, -0.15) is 0 Å². The van der Waals surface area contributed by atoms with E-state index in [1.54, 1.807) is 12.1 Å². The van der Waals surface area contributed by atoms with E-state index in [2.05, 4.69) is 15.5 Å². The summed E-state index contributed by atoms with van der Waals surface area (Å²) >= 11 is 0. The highest BCUT2D eigenvalue weighted by atomic mass is 19.1. The third kappa shape index (κ3) is 5.04. The van der Waals surface area contributed by atoms with E-state index in [4.69, 9.17) is 0 Å². The number of imide groups is 1. The predicted molar refractivity (Wildman–Crippen MR) is 114 cm³/mol. The number of urea groups is 1. The molecule has 0 aromatic heterocycles. The number of carbonyl (C=O) groups excluding carboxylic acids is 3. The van der Waals surface area contributed by atoms with Crippen molar-refractivity contribution in [1.82, 2.24) is 20.0 Å². The van der Waals surface area contributed by atoms with E-state index in [0.29, 0.717) is 31.9 Å². The molecular weight excluding hydrogens is 401 g/mol. The third-order valence-electron chi connectivity index (χ3n) is 6.48. The minimum Gasteiger partial charge on any atom is -0.325 e. The van der Waals surface area contributed by atoms with Crippen LogP contribution in [-0.2, 0) is 9.59 Å². The van der Waals surface area contributed by atoms with Crippen LogP contribution in [-0.4, -0.2) is 77.5 Å². The zero-order valence-electron chi connectivity index (χ0n) is 17.7. The Morgan fingerprint density at radius 1 is 1.03 bits per heavy atom. The minimum absolute atomic E-state index is 0.0868. The summed E-state index contributed by atoms with van der Waals surface area (Å²) in [5.74, 6) is -0.669. The molecule has 0 radical (unpaired) electrons. The lowest BCUT2D eigenvalue weighted by molar-refractivity contribution is -0.133. The summed E-state index contributed by atoms with van der Waals surface area (Å²) in [5, 5.41) is 5.69. The second-order valence-electron chi connectivity index (χ2n) is 8.75. The Kier molecular flexibility index (Phi) is 6.52. The third-order valence-corrected chi connectivity index (χ3v) is 6.48. The second-order valence-corrected chi connectivity index (χ2v) is 8.75. The molecule has 2 saturated heterocycles. The van der Waals surface area contributed by atoms with Gasteiger partial charge in [0.15, 0.2) is 0 Å². The Bertz CT molecular complexity index is 832. The van der Waals surface area contributed by atoms with Crippen LogP contribution in [0.4, 0.5) is 14.9 Å². The first-order valence-electron chi connectivity index (χ1n) is 11.1. The summed E-state index contributed by atoms with van der Waals surface area (Å²) in [5.41, 5.74) is -0.264. The Balaban J connectivity index is 1.25. The number of anilines is 1. The second kappa shape index (κ2) is 9.32. The smallest absolute Gasteiger partial charge is 0.325 e. The van der Waals surface area contributed by atoms with Crippen molar-refractivity contribution in [2.75, 3.05) is 44.7 Å². The number of piperazine rings is 1. The van der Waals surface area contributed by atoms with E-state index < -0.39 is 11.4 Å². The van der Waals surface area contributed by atoms with Gasteiger partial charge >= 0.3 is 6.03 Å². The molecule has 1 aromatic carbocycles. The monoisotopic (exact) mass is 431 g/mol. The SMILES string of the molecule is O=C(CN1CCN(CN2C(=O)NC3(CCCCCC3)C2=O)CC1)Nc1cccc(F)c1. The molecule has 1 aliphatic carbocycles. The highest BCUT2D eigenvalue weighted by Crippen LogP contribution is 2.32. The van der Waals surface area contributed by atoms with Gasteiger partial charge in [-0.25, -0.2) is 14.1 Å². The lowest BCUT2D eigenvalue weighted by Crippen LogP contribution is -2.53. The molecule has 1 spiro atoms. The van der Waals surface area contributed by atoms with Gasteiger partial charge in [-0.3, -0.25) is 19.4 Å². The molecular formula is C22H30FN5O3. The van der Waals surface area contributed by atoms with Crippen molar-refractivity contribution in [3.63, 3.8) is 0 Å². The van der Waals surface area contributed by atoms with Crippen molar-refractivity contribution in [3.05, 3.63) is 30.1 Å². The van der Waals surface area contributed by atoms with Crippen molar-refractivity contribution in [3.8, 4) is 0 Å². The van der Waals surface area contributed by atoms with Crippen LogP contribution < -0.4 is 10.6 Å². The minimum atomic E-state index is -0.704. The molecule has 31 heavy (non-hydrogen) atoms. The Labute approximate surface area is 181 Å². The van der Waals surface area contributed by atoms with Gasteiger partial charge in [0, 0.05) is 31.9 Å². The molecule has 168 valence electrons. The van der Waals surface area contributed by atoms with Crippen LogP contribution in [0.1, 0.15) is 38.5 Å². The molecule has 0 atom stereocenters. The van der Waals surface area contributed by atoms with Gasteiger partial charge in [0.2, 0.25) is 5.91 Å². The average Bonchev–Trinajstić information content (AvgIpc) is 2.89. The highest BCUT2D eigenvalue weighted by molar-refractivity contribution is 6.07. The maximum Gasteiger partial charge on any atom is 0.326 e. The van der Waals surface area contributed by atoms with E-state index in [9.17, 15) is 18.8 Å². The molecule has 0 unspecified atom stereocenters. The molecule has 2 heterocycles. The maximum atomic E-state index is 13.3. The van der Waals surface area contributed by atoms with Crippen LogP contribution >= 0.6 is 0 Å². The zero-order valence-corrected chi connectivity index (χ0v) is 17.7. The fourth-order valence-electron chi connectivity index (χ4n) is 4.73. The number of benzene rings is 1. The molecule has 1 saturated carbocycles. The fourth-order valence-corrected chi connectivity index (χ4v) is 4.73. The first-order chi connectivity index (χ1) is 14.9. The number of hydrogen-bond acceptors (Lipinski definition) is 5. The lowest BCUT2D eigenvalue weighted by Gasteiger charge is -2.35. The van der Waals surface area contributed by atoms with Gasteiger partial charge in [-0.15, -0.1) is 0 Å². The maximum absolute atomic E-state index is 13.3. The lowest BCUT2D eigenvalue weighted by atomic mass is 9.90. The number of nitrogens with zero attached hydrogens (tertiary/aromatic N) is 3. The Morgan fingerprint density at radius 3 is 2.39 bits per heavy atom. The van der Waals surface area contributed by atoms with Crippen molar-refractivity contribution < 1.29 is 18.8 Å².